The van der Waals surface area contributed by atoms with Crippen LogP contribution in [0.3, 0.4) is 0 Å². The van der Waals surface area contributed by atoms with E-state index in [0.717, 1.165) is 45.0 Å². The molecule has 0 bridgehead atoms. The van der Waals surface area contributed by atoms with Gasteiger partial charge in [-0.05, 0) is 54.1 Å². The van der Waals surface area contributed by atoms with Crippen LogP contribution in [0.4, 0.5) is 0 Å². The van der Waals surface area contributed by atoms with Crippen molar-refractivity contribution in [2.45, 2.75) is 10.9 Å². The topological polar surface area (TPSA) is 62.1 Å². The first kappa shape index (κ1) is 19.0. The molecule has 0 amide bonds. The molecule has 29 heavy (non-hydrogen) atoms. The Kier molecular flexibility index (Phi) is 5.76. The molecule has 4 aromatic rings. The molecule has 146 valence electrons. The highest BCUT2D eigenvalue weighted by atomic mass is 32.2. The lowest BCUT2D eigenvalue weighted by molar-refractivity contribution is 0.414. The minimum Gasteiger partial charge on any atom is -0.497 e. The normalized spacial score (nSPS) is 10.7. The van der Waals surface area contributed by atoms with Crippen LogP contribution in [-0.4, -0.2) is 34.0 Å². The van der Waals surface area contributed by atoms with Gasteiger partial charge in [0.05, 0.1) is 14.2 Å². The van der Waals surface area contributed by atoms with Crippen LogP contribution in [0.1, 0.15) is 5.56 Å². The number of methoxy groups -OCH3 is 2. The van der Waals surface area contributed by atoms with E-state index < -0.39 is 0 Å². The van der Waals surface area contributed by atoms with Gasteiger partial charge in [0.2, 0.25) is 0 Å². The highest BCUT2D eigenvalue weighted by Crippen LogP contribution is 2.30. The van der Waals surface area contributed by atoms with Crippen LogP contribution in [0.15, 0.2) is 78.2 Å². The second-order valence-electron chi connectivity index (χ2n) is 6.22. The molecule has 2 aromatic heterocycles. The van der Waals surface area contributed by atoms with Gasteiger partial charge < -0.3 is 9.47 Å². The van der Waals surface area contributed by atoms with Gasteiger partial charge >= 0.3 is 0 Å². The molecule has 0 saturated carbocycles. The molecule has 6 nitrogen and oxygen atoms in total. The van der Waals surface area contributed by atoms with Crippen molar-refractivity contribution in [3.8, 4) is 28.6 Å². The van der Waals surface area contributed by atoms with Crippen molar-refractivity contribution in [3.05, 3.63) is 78.6 Å². The third-order valence-corrected chi connectivity index (χ3v) is 5.40. The predicted octanol–water partition coefficient (Wildman–Crippen LogP) is 4.64. The quantitative estimate of drug-likeness (QED) is 0.418. The van der Waals surface area contributed by atoms with Gasteiger partial charge in [0, 0.05) is 29.4 Å². The summed E-state index contributed by atoms with van der Waals surface area (Å²) in [7, 11) is 3.33. The maximum atomic E-state index is 5.32. The molecule has 0 fully saturated rings. The molecule has 0 atom stereocenters. The maximum Gasteiger partial charge on any atom is 0.196 e. The van der Waals surface area contributed by atoms with Crippen LogP contribution in [0, 0.1) is 0 Å². The molecule has 4 rings (SSSR count). The van der Waals surface area contributed by atoms with Crippen LogP contribution >= 0.6 is 11.8 Å². The SMILES string of the molecule is COc1ccc(-n2c(SCc3cccc(OC)c3)nnc2-c2ccncc2)cc1. The summed E-state index contributed by atoms with van der Waals surface area (Å²) in [6, 6.07) is 19.8. The first-order valence-corrected chi connectivity index (χ1v) is 10.0. The zero-order valence-corrected chi connectivity index (χ0v) is 17.0. The van der Waals surface area contributed by atoms with Crippen LogP contribution < -0.4 is 9.47 Å². The monoisotopic (exact) mass is 404 g/mol. The smallest absolute Gasteiger partial charge is 0.196 e. The van der Waals surface area contributed by atoms with Gasteiger partial charge in [-0.2, -0.15) is 0 Å². The van der Waals surface area contributed by atoms with E-state index in [0.29, 0.717) is 0 Å². The zero-order chi connectivity index (χ0) is 20.1. The minimum atomic E-state index is 0.752. The van der Waals surface area contributed by atoms with Crippen molar-refractivity contribution in [2.75, 3.05) is 14.2 Å². The van der Waals surface area contributed by atoms with Crippen molar-refractivity contribution in [3.63, 3.8) is 0 Å². The molecule has 0 aliphatic rings. The number of aromatic nitrogens is 4. The maximum absolute atomic E-state index is 5.32. The van der Waals surface area contributed by atoms with E-state index >= 15 is 0 Å². The lowest BCUT2D eigenvalue weighted by atomic mass is 10.2. The Morgan fingerprint density at radius 3 is 2.34 bits per heavy atom. The number of pyridine rings is 1. The second kappa shape index (κ2) is 8.79. The highest BCUT2D eigenvalue weighted by Gasteiger charge is 2.16. The summed E-state index contributed by atoms with van der Waals surface area (Å²) in [5, 5.41) is 9.73. The summed E-state index contributed by atoms with van der Waals surface area (Å²) < 4.78 is 12.7. The first-order valence-electron chi connectivity index (χ1n) is 9.04. The van der Waals surface area contributed by atoms with E-state index in [1.165, 1.54) is 0 Å². The third kappa shape index (κ3) is 4.25. The van der Waals surface area contributed by atoms with Crippen LogP contribution in [-0.2, 0) is 5.75 Å². The standard InChI is InChI=1S/C22H20N4O2S/c1-27-19-8-6-18(7-9-19)26-21(17-10-12-23-13-11-17)24-25-22(26)29-15-16-4-3-5-20(14-16)28-2/h3-14H,15H2,1-2H3. The van der Waals surface area contributed by atoms with E-state index in [1.807, 2.05) is 54.6 Å². The Balaban J connectivity index is 1.70. The van der Waals surface area contributed by atoms with Gasteiger partial charge in [-0.25, -0.2) is 0 Å². The van der Waals surface area contributed by atoms with E-state index in [2.05, 4.69) is 25.8 Å². The van der Waals surface area contributed by atoms with E-state index in [-0.39, 0.29) is 0 Å². The largest absolute Gasteiger partial charge is 0.497 e. The number of hydrogen-bond donors (Lipinski definition) is 0. The molecule has 0 aliphatic heterocycles. The summed E-state index contributed by atoms with van der Waals surface area (Å²) in [5.74, 6) is 3.17. The number of thioether (sulfide) groups is 1. The van der Waals surface area contributed by atoms with Crippen molar-refractivity contribution in [2.24, 2.45) is 0 Å². The number of benzene rings is 2. The number of nitrogens with zero attached hydrogens (tertiary/aromatic N) is 4. The average Bonchev–Trinajstić information content (AvgIpc) is 3.22. The van der Waals surface area contributed by atoms with E-state index in [9.17, 15) is 0 Å². The lowest BCUT2D eigenvalue weighted by Gasteiger charge is -2.11. The van der Waals surface area contributed by atoms with Crippen molar-refractivity contribution < 1.29 is 9.47 Å². The van der Waals surface area contributed by atoms with Gasteiger partial charge in [0.15, 0.2) is 11.0 Å². The fraction of sp³-hybridized carbons (Fsp3) is 0.136. The molecular formula is C22H20N4O2S. The molecule has 2 heterocycles. The van der Waals surface area contributed by atoms with Crippen LogP contribution in [0.25, 0.3) is 17.1 Å². The molecule has 0 N–H and O–H groups in total. The molecule has 0 saturated heterocycles. The van der Waals surface area contributed by atoms with Crippen molar-refractivity contribution in [1.82, 2.24) is 19.7 Å². The first-order chi connectivity index (χ1) is 14.3. The fourth-order valence-electron chi connectivity index (χ4n) is 2.93. The van der Waals surface area contributed by atoms with Crippen molar-refractivity contribution in [1.29, 1.82) is 0 Å². The van der Waals surface area contributed by atoms with Gasteiger partial charge in [-0.3, -0.25) is 9.55 Å². The predicted molar refractivity (Wildman–Crippen MR) is 114 cm³/mol. The van der Waals surface area contributed by atoms with Crippen LogP contribution in [0.2, 0.25) is 0 Å². The highest BCUT2D eigenvalue weighted by molar-refractivity contribution is 7.98. The molecule has 0 unspecified atom stereocenters. The summed E-state index contributed by atoms with van der Waals surface area (Å²) >= 11 is 1.63. The van der Waals surface area contributed by atoms with Gasteiger partial charge in [0.25, 0.3) is 0 Å². The third-order valence-electron chi connectivity index (χ3n) is 4.40. The summed E-state index contributed by atoms with van der Waals surface area (Å²) in [5.41, 5.74) is 3.08. The Morgan fingerprint density at radius 1 is 0.862 bits per heavy atom. The summed E-state index contributed by atoms with van der Waals surface area (Å²) in [6.07, 6.45) is 3.51. The molecule has 0 radical (unpaired) electrons. The van der Waals surface area contributed by atoms with Gasteiger partial charge in [-0.1, -0.05) is 23.9 Å². The van der Waals surface area contributed by atoms with E-state index in [1.54, 1.807) is 38.4 Å². The Labute approximate surface area is 173 Å². The minimum absolute atomic E-state index is 0.752. The van der Waals surface area contributed by atoms with E-state index in [4.69, 9.17) is 9.47 Å². The number of rotatable bonds is 7. The summed E-state index contributed by atoms with van der Waals surface area (Å²) in [6.45, 7) is 0. The number of hydrogen-bond acceptors (Lipinski definition) is 6. The Bertz CT molecular complexity index is 1080. The average molecular weight is 404 g/mol. The molecule has 2 aromatic carbocycles. The molecule has 7 heteroatoms. The number of ether oxygens (including phenoxy) is 2. The molecule has 0 spiro atoms. The van der Waals surface area contributed by atoms with Crippen LogP contribution in [0.5, 0.6) is 11.5 Å². The second-order valence-corrected chi connectivity index (χ2v) is 7.16. The Hall–Kier alpha value is -3.32. The lowest BCUT2D eigenvalue weighted by Crippen LogP contribution is -2.00. The Morgan fingerprint density at radius 2 is 1.62 bits per heavy atom. The fourth-order valence-corrected chi connectivity index (χ4v) is 3.82. The van der Waals surface area contributed by atoms with Crippen molar-refractivity contribution >= 4 is 11.8 Å². The molecular weight excluding hydrogens is 384 g/mol. The zero-order valence-electron chi connectivity index (χ0n) is 16.1. The molecule has 0 aliphatic carbocycles. The van der Waals surface area contributed by atoms with Gasteiger partial charge in [0.1, 0.15) is 11.5 Å². The summed E-state index contributed by atoms with van der Waals surface area (Å²) in [4.78, 5) is 4.10. The van der Waals surface area contributed by atoms with Gasteiger partial charge in [-0.15, -0.1) is 10.2 Å².